The van der Waals surface area contributed by atoms with Crippen LogP contribution in [0.2, 0.25) is 0 Å². The lowest BCUT2D eigenvalue weighted by Gasteiger charge is -2.44. The summed E-state index contributed by atoms with van der Waals surface area (Å²) in [4.78, 5) is 21.3. The van der Waals surface area contributed by atoms with E-state index >= 15 is 0 Å². The van der Waals surface area contributed by atoms with Crippen molar-refractivity contribution in [3.63, 3.8) is 0 Å². The van der Waals surface area contributed by atoms with Gasteiger partial charge in [0.15, 0.2) is 0 Å². The van der Waals surface area contributed by atoms with Gasteiger partial charge in [-0.2, -0.15) is 4.98 Å². The number of aromatic nitrogens is 2. The summed E-state index contributed by atoms with van der Waals surface area (Å²) in [6.45, 7) is 1.89. The Balaban J connectivity index is 1.35. The summed E-state index contributed by atoms with van der Waals surface area (Å²) in [5.41, 5.74) is -0.0487. The van der Waals surface area contributed by atoms with E-state index in [-0.39, 0.29) is 41.4 Å². The van der Waals surface area contributed by atoms with Crippen LogP contribution in [0.4, 0.5) is 30.6 Å². The number of alkyl halides is 3. The van der Waals surface area contributed by atoms with Crippen molar-refractivity contribution < 1.29 is 27.9 Å². The van der Waals surface area contributed by atoms with Crippen LogP contribution in [0.1, 0.15) is 31.2 Å². The Morgan fingerprint density at radius 2 is 1.89 bits per heavy atom. The summed E-state index contributed by atoms with van der Waals surface area (Å²) in [6.07, 6.45) is -0.0294. The topological polar surface area (TPSA) is 126 Å². The summed E-state index contributed by atoms with van der Waals surface area (Å²) in [7, 11) is 0. The molecule has 190 valence electrons. The zero-order valence-corrected chi connectivity index (χ0v) is 18.9. The summed E-state index contributed by atoms with van der Waals surface area (Å²) in [5.74, 6) is 0.0752. The predicted octanol–water partition coefficient (Wildman–Crippen LogP) is 3.54. The molecule has 13 heteroatoms. The quantitative estimate of drug-likeness (QED) is 0.353. The van der Waals surface area contributed by atoms with Crippen molar-refractivity contribution in [2.45, 2.75) is 50.7 Å². The van der Waals surface area contributed by atoms with Crippen LogP contribution in [0.5, 0.6) is 5.75 Å². The second-order valence-corrected chi connectivity index (χ2v) is 8.86. The molecule has 3 N–H and O–H groups in total. The van der Waals surface area contributed by atoms with Crippen LogP contribution in [0.3, 0.4) is 0 Å². The van der Waals surface area contributed by atoms with Gasteiger partial charge in [-0.25, -0.2) is 4.98 Å². The van der Waals surface area contributed by atoms with Crippen LogP contribution >= 0.6 is 0 Å². The number of anilines is 2. The molecule has 1 saturated carbocycles. The molecule has 0 bridgehead atoms. The lowest BCUT2D eigenvalue weighted by atomic mass is 9.84. The molecule has 1 saturated heterocycles. The molecule has 2 heterocycles. The minimum absolute atomic E-state index is 0.0416. The Hall–Kier alpha value is -3.19. The van der Waals surface area contributed by atoms with E-state index in [4.69, 9.17) is 0 Å². The minimum Gasteiger partial charge on any atom is -0.405 e. The van der Waals surface area contributed by atoms with Crippen LogP contribution in [0.25, 0.3) is 0 Å². The number of nitrogens with one attached hydrogen (secondary N) is 2. The van der Waals surface area contributed by atoms with Crippen molar-refractivity contribution in [1.29, 1.82) is 0 Å². The molecule has 0 amide bonds. The molecular formula is C22H27F3N6O4. The minimum atomic E-state index is -4.83. The van der Waals surface area contributed by atoms with Gasteiger partial charge < -0.3 is 20.5 Å². The van der Waals surface area contributed by atoms with E-state index in [0.29, 0.717) is 18.5 Å². The Labute approximate surface area is 199 Å². The third-order valence-electron chi connectivity index (χ3n) is 6.38. The number of para-hydroxylation sites is 1. The van der Waals surface area contributed by atoms with E-state index in [1.165, 1.54) is 18.2 Å². The third kappa shape index (κ3) is 6.69. The highest BCUT2D eigenvalue weighted by molar-refractivity contribution is 5.57. The Kier molecular flexibility index (Phi) is 7.55. The molecule has 0 unspecified atom stereocenters. The second kappa shape index (κ2) is 10.6. The van der Waals surface area contributed by atoms with Crippen LogP contribution in [-0.2, 0) is 6.54 Å². The summed E-state index contributed by atoms with van der Waals surface area (Å²) >= 11 is 0. The molecule has 1 aromatic carbocycles. The number of rotatable bonds is 9. The maximum Gasteiger partial charge on any atom is 0.573 e. The number of hydrogen-bond donors (Lipinski definition) is 3. The number of nitro groups is 1. The Morgan fingerprint density at radius 3 is 2.54 bits per heavy atom. The number of halogens is 3. The molecule has 2 aromatic rings. The monoisotopic (exact) mass is 496 g/mol. The highest BCUT2D eigenvalue weighted by Crippen LogP contribution is 2.31. The first-order chi connectivity index (χ1) is 16.7. The molecule has 35 heavy (non-hydrogen) atoms. The van der Waals surface area contributed by atoms with Crippen molar-refractivity contribution in [3.8, 4) is 5.75 Å². The first-order valence-corrected chi connectivity index (χ1v) is 11.4. The van der Waals surface area contributed by atoms with E-state index < -0.39 is 11.3 Å². The number of nitrogens with zero attached hydrogens (tertiary/aromatic N) is 4. The van der Waals surface area contributed by atoms with E-state index in [1.807, 2.05) is 0 Å². The van der Waals surface area contributed by atoms with E-state index in [0.717, 1.165) is 45.0 Å². The van der Waals surface area contributed by atoms with Crippen LogP contribution in [-0.4, -0.2) is 63.0 Å². The number of hydrogen-bond acceptors (Lipinski definition) is 9. The van der Waals surface area contributed by atoms with E-state index in [1.54, 1.807) is 6.07 Å². The fourth-order valence-electron chi connectivity index (χ4n) is 4.51. The summed E-state index contributed by atoms with van der Waals surface area (Å²) < 4.78 is 42.0. The molecule has 4 rings (SSSR count). The van der Waals surface area contributed by atoms with Gasteiger partial charge in [0, 0.05) is 37.8 Å². The van der Waals surface area contributed by atoms with E-state index in [9.17, 15) is 28.4 Å². The van der Waals surface area contributed by atoms with Crippen LogP contribution in [0.15, 0.2) is 30.5 Å². The molecule has 0 spiro atoms. The molecular weight excluding hydrogens is 469 g/mol. The highest BCUT2D eigenvalue weighted by Gasteiger charge is 2.34. The average molecular weight is 496 g/mol. The molecule has 1 aliphatic carbocycles. The zero-order chi connectivity index (χ0) is 25.0. The molecule has 1 aromatic heterocycles. The van der Waals surface area contributed by atoms with E-state index in [2.05, 4.69) is 30.2 Å². The standard InChI is InChI=1S/C22H27F3N6O4/c23-22(24,25)35-19-4-2-1-3-15(19)10-27-21-28-11-18(31(33)34)20(29-21)26-9-14-5-7-16(8-6-14)30-12-17(32)13-30/h1-4,11,14,16-17,32H,5-10,12-13H2,(H2,26,27,28,29). The molecule has 0 radical (unpaired) electrons. The highest BCUT2D eigenvalue weighted by atomic mass is 19.4. The maximum atomic E-state index is 12.6. The number of aliphatic hydroxyl groups is 1. The van der Waals surface area contributed by atoms with Gasteiger partial charge in [0.05, 0.1) is 11.0 Å². The predicted molar refractivity (Wildman–Crippen MR) is 121 cm³/mol. The van der Waals surface area contributed by atoms with Crippen molar-refractivity contribution >= 4 is 17.5 Å². The van der Waals surface area contributed by atoms with Gasteiger partial charge in [0.2, 0.25) is 11.8 Å². The summed E-state index contributed by atoms with van der Waals surface area (Å²) in [6, 6.07) is 6.14. The van der Waals surface area contributed by atoms with Gasteiger partial charge in [-0.3, -0.25) is 15.0 Å². The molecule has 1 aliphatic heterocycles. The molecule has 0 atom stereocenters. The van der Waals surface area contributed by atoms with Crippen molar-refractivity contribution in [2.24, 2.45) is 5.92 Å². The molecule has 2 fully saturated rings. The third-order valence-corrected chi connectivity index (χ3v) is 6.38. The van der Waals surface area contributed by atoms with Crippen LogP contribution < -0.4 is 15.4 Å². The SMILES string of the molecule is O=[N+]([O-])c1cnc(NCc2ccccc2OC(F)(F)F)nc1NCC1CCC(N2CC(O)C2)CC1. The number of benzene rings is 1. The smallest absolute Gasteiger partial charge is 0.405 e. The van der Waals surface area contributed by atoms with Crippen molar-refractivity contribution in [1.82, 2.24) is 14.9 Å². The van der Waals surface area contributed by atoms with Gasteiger partial charge in [0.25, 0.3) is 0 Å². The Morgan fingerprint density at radius 1 is 1.17 bits per heavy atom. The fourth-order valence-corrected chi connectivity index (χ4v) is 4.51. The van der Waals surface area contributed by atoms with Crippen molar-refractivity contribution in [2.75, 3.05) is 30.3 Å². The lowest BCUT2D eigenvalue weighted by molar-refractivity contribution is -0.384. The fraction of sp³-hybridized carbons (Fsp3) is 0.545. The average Bonchev–Trinajstić information content (AvgIpc) is 2.79. The maximum absolute atomic E-state index is 12.6. The molecule has 2 aliphatic rings. The van der Waals surface area contributed by atoms with Gasteiger partial charge in [0.1, 0.15) is 11.9 Å². The summed E-state index contributed by atoms with van der Waals surface area (Å²) in [5, 5.41) is 26.8. The van der Waals surface area contributed by atoms with Gasteiger partial charge in [-0.05, 0) is 37.7 Å². The largest absolute Gasteiger partial charge is 0.573 e. The first-order valence-electron chi connectivity index (χ1n) is 11.4. The van der Waals surface area contributed by atoms with Gasteiger partial charge in [-0.1, -0.05) is 18.2 Å². The zero-order valence-electron chi connectivity index (χ0n) is 18.9. The second-order valence-electron chi connectivity index (χ2n) is 8.86. The van der Waals surface area contributed by atoms with Crippen molar-refractivity contribution in [3.05, 3.63) is 46.1 Å². The van der Waals surface area contributed by atoms with Gasteiger partial charge >= 0.3 is 12.0 Å². The Bertz CT molecular complexity index is 1030. The number of β-amino-alcohol motifs (C(OH)–C–C–N with tert-alkyl or cyclic N) is 1. The van der Waals surface area contributed by atoms with Crippen LogP contribution in [0, 0.1) is 16.0 Å². The van der Waals surface area contributed by atoms with Gasteiger partial charge in [-0.15, -0.1) is 13.2 Å². The lowest BCUT2D eigenvalue weighted by Crippen LogP contribution is -2.56. The first kappa shape index (κ1) is 24.9. The molecule has 10 nitrogen and oxygen atoms in total. The number of ether oxygens (including phenoxy) is 1. The number of likely N-dealkylation sites (tertiary alicyclic amines) is 1. The normalized spacial score (nSPS) is 21.3. The number of aliphatic hydroxyl groups excluding tert-OH is 1.